The van der Waals surface area contributed by atoms with E-state index >= 15 is 0 Å². The van der Waals surface area contributed by atoms with E-state index in [1.807, 2.05) is 30.3 Å². The third kappa shape index (κ3) is 4.92. The Hall–Kier alpha value is -3.29. The molecule has 0 saturated carbocycles. The summed E-state index contributed by atoms with van der Waals surface area (Å²) < 4.78 is 27.8. The number of sulfonamides is 1. The lowest BCUT2D eigenvalue weighted by Crippen LogP contribution is -2.41. The Morgan fingerprint density at radius 1 is 0.800 bits per heavy atom. The Kier molecular flexibility index (Phi) is 6.54. The number of amides is 1. The predicted octanol–water partition coefficient (Wildman–Crippen LogP) is 4.45. The van der Waals surface area contributed by atoms with Crippen LogP contribution in [0.5, 0.6) is 0 Å². The Labute approximate surface area is 206 Å². The lowest BCUT2D eigenvalue weighted by molar-refractivity contribution is -0.120. The van der Waals surface area contributed by atoms with E-state index in [1.165, 1.54) is 9.87 Å². The summed E-state index contributed by atoms with van der Waals surface area (Å²) in [4.78, 5) is 26.0. The van der Waals surface area contributed by atoms with Gasteiger partial charge in [-0.15, -0.1) is 0 Å². The van der Waals surface area contributed by atoms with Crippen LogP contribution in [0.15, 0.2) is 77.7 Å². The van der Waals surface area contributed by atoms with Gasteiger partial charge in [-0.3, -0.25) is 9.59 Å². The fourth-order valence-electron chi connectivity index (χ4n) is 4.95. The summed E-state index contributed by atoms with van der Waals surface area (Å²) in [5, 5.41) is 2.91. The maximum Gasteiger partial charge on any atom is 0.243 e. The molecule has 0 unspecified atom stereocenters. The first-order valence-electron chi connectivity index (χ1n) is 12.0. The van der Waals surface area contributed by atoms with Crippen molar-refractivity contribution in [2.75, 3.05) is 18.4 Å². The van der Waals surface area contributed by atoms with Gasteiger partial charge in [0.25, 0.3) is 0 Å². The second-order valence-corrected chi connectivity index (χ2v) is 11.2. The Morgan fingerprint density at radius 2 is 1.51 bits per heavy atom. The number of rotatable bonds is 6. The number of fused-ring (bicyclic) bond motifs is 1. The van der Waals surface area contributed by atoms with Gasteiger partial charge in [0.15, 0.2) is 5.78 Å². The van der Waals surface area contributed by atoms with Crippen LogP contribution < -0.4 is 5.32 Å². The smallest absolute Gasteiger partial charge is 0.243 e. The molecule has 1 amide bonds. The van der Waals surface area contributed by atoms with Crippen molar-refractivity contribution in [3.63, 3.8) is 0 Å². The molecule has 1 fully saturated rings. The van der Waals surface area contributed by atoms with E-state index in [0.717, 1.165) is 24.8 Å². The molecule has 6 nitrogen and oxygen atoms in total. The molecule has 0 spiro atoms. The van der Waals surface area contributed by atoms with Crippen molar-refractivity contribution in [3.8, 4) is 0 Å². The van der Waals surface area contributed by atoms with Crippen molar-refractivity contribution in [1.82, 2.24) is 4.31 Å². The lowest BCUT2D eigenvalue weighted by Gasteiger charge is -2.30. The van der Waals surface area contributed by atoms with Crippen LogP contribution in [0.1, 0.15) is 46.3 Å². The highest BCUT2D eigenvalue weighted by Crippen LogP contribution is 2.29. The molecule has 0 radical (unpaired) electrons. The Balaban J connectivity index is 1.21. The highest BCUT2D eigenvalue weighted by molar-refractivity contribution is 7.89. The van der Waals surface area contributed by atoms with Gasteiger partial charge in [-0.2, -0.15) is 4.31 Å². The molecule has 7 heteroatoms. The van der Waals surface area contributed by atoms with Crippen LogP contribution in [0.3, 0.4) is 0 Å². The number of hydrogen-bond donors (Lipinski definition) is 1. The highest BCUT2D eigenvalue weighted by atomic mass is 32.2. The van der Waals surface area contributed by atoms with Gasteiger partial charge in [0, 0.05) is 35.8 Å². The third-order valence-corrected chi connectivity index (χ3v) is 8.86. The molecule has 1 aliphatic carbocycles. The van der Waals surface area contributed by atoms with Crippen LogP contribution in [0.25, 0.3) is 0 Å². The number of aryl methyl sites for hydroxylation is 2. The van der Waals surface area contributed by atoms with E-state index in [-0.39, 0.29) is 17.6 Å². The fourth-order valence-corrected chi connectivity index (χ4v) is 6.48. The topological polar surface area (TPSA) is 83.6 Å². The standard InChI is InChI=1S/C28H28N2O4S/c31-27(21-6-2-1-3-7-21)24-10-5-11-25(18-24)29-28(32)22-14-16-30(17-15-22)35(33,34)26-13-12-20-8-4-9-23(20)19-26/h1-3,5-7,10-13,18-19,22H,4,8-9,14-17H2,(H,29,32). The van der Waals surface area contributed by atoms with Crippen LogP contribution in [-0.4, -0.2) is 37.5 Å². The highest BCUT2D eigenvalue weighted by Gasteiger charge is 2.32. The number of carbonyl (C=O) groups is 2. The molecular weight excluding hydrogens is 460 g/mol. The summed E-state index contributed by atoms with van der Waals surface area (Å²) in [7, 11) is -3.57. The van der Waals surface area contributed by atoms with Gasteiger partial charge in [-0.1, -0.05) is 48.5 Å². The molecule has 35 heavy (non-hydrogen) atoms. The summed E-state index contributed by atoms with van der Waals surface area (Å²) in [5.41, 5.74) is 4.03. The molecular formula is C28H28N2O4S. The van der Waals surface area contributed by atoms with E-state index in [1.54, 1.807) is 42.5 Å². The van der Waals surface area contributed by atoms with Crippen LogP contribution >= 0.6 is 0 Å². The summed E-state index contributed by atoms with van der Waals surface area (Å²) in [5.74, 6) is -0.536. The number of nitrogens with one attached hydrogen (secondary N) is 1. The molecule has 180 valence electrons. The molecule has 1 saturated heterocycles. The van der Waals surface area contributed by atoms with Crippen LogP contribution in [0, 0.1) is 5.92 Å². The molecule has 1 heterocycles. The quantitative estimate of drug-likeness (QED) is 0.520. The lowest BCUT2D eigenvalue weighted by atomic mass is 9.97. The summed E-state index contributed by atoms with van der Waals surface area (Å²) in [6, 6.07) is 21.4. The first kappa shape index (κ1) is 23.5. The molecule has 1 N–H and O–H groups in total. The second kappa shape index (κ2) is 9.76. The first-order valence-corrected chi connectivity index (χ1v) is 13.5. The number of nitrogens with zero attached hydrogens (tertiary/aromatic N) is 1. The maximum absolute atomic E-state index is 13.2. The maximum atomic E-state index is 13.2. The van der Waals surface area contributed by atoms with Crippen LogP contribution in [0.4, 0.5) is 5.69 Å². The SMILES string of the molecule is O=C(c1ccccc1)c1cccc(NC(=O)C2CCN(S(=O)(=O)c3ccc4c(c3)CCC4)CC2)c1. The number of anilines is 1. The van der Waals surface area contributed by atoms with Gasteiger partial charge < -0.3 is 5.32 Å². The van der Waals surface area contributed by atoms with E-state index in [2.05, 4.69) is 5.32 Å². The van der Waals surface area contributed by atoms with Crippen molar-refractivity contribution >= 4 is 27.4 Å². The average Bonchev–Trinajstić information content (AvgIpc) is 3.37. The molecule has 0 atom stereocenters. The first-order chi connectivity index (χ1) is 16.9. The minimum atomic E-state index is -3.57. The molecule has 0 bridgehead atoms. The summed E-state index contributed by atoms with van der Waals surface area (Å²) in [6.07, 6.45) is 3.93. The minimum absolute atomic E-state index is 0.105. The zero-order chi connectivity index (χ0) is 24.4. The summed E-state index contributed by atoms with van der Waals surface area (Å²) >= 11 is 0. The zero-order valence-corrected chi connectivity index (χ0v) is 20.3. The Bertz CT molecular complexity index is 1360. The molecule has 1 aliphatic heterocycles. The van der Waals surface area contributed by atoms with Crippen molar-refractivity contribution in [1.29, 1.82) is 0 Å². The number of ketones is 1. The van der Waals surface area contributed by atoms with Gasteiger partial charge >= 0.3 is 0 Å². The van der Waals surface area contributed by atoms with Gasteiger partial charge in [0.2, 0.25) is 15.9 Å². The van der Waals surface area contributed by atoms with Crippen LogP contribution in [0.2, 0.25) is 0 Å². The fraction of sp³-hybridized carbons (Fsp3) is 0.286. The molecule has 3 aromatic rings. The van der Waals surface area contributed by atoms with Gasteiger partial charge in [0.05, 0.1) is 4.90 Å². The van der Waals surface area contributed by atoms with Gasteiger partial charge in [0.1, 0.15) is 0 Å². The number of benzene rings is 3. The van der Waals surface area contributed by atoms with Crippen molar-refractivity contribution < 1.29 is 18.0 Å². The van der Waals surface area contributed by atoms with E-state index in [9.17, 15) is 18.0 Å². The second-order valence-electron chi connectivity index (χ2n) is 9.23. The molecule has 3 aromatic carbocycles. The van der Waals surface area contributed by atoms with E-state index in [0.29, 0.717) is 47.6 Å². The zero-order valence-electron chi connectivity index (χ0n) is 19.4. The van der Waals surface area contributed by atoms with E-state index < -0.39 is 10.0 Å². The van der Waals surface area contributed by atoms with Crippen molar-refractivity contribution in [2.45, 2.75) is 37.0 Å². The van der Waals surface area contributed by atoms with E-state index in [4.69, 9.17) is 0 Å². The molecule has 2 aliphatic rings. The van der Waals surface area contributed by atoms with Crippen LogP contribution in [-0.2, 0) is 27.7 Å². The molecule has 0 aromatic heterocycles. The Morgan fingerprint density at radius 3 is 2.29 bits per heavy atom. The summed E-state index contributed by atoms with van der Waals surface area (Å²) in [6.45, 7) is 0.619. The third-order valence-electron chi connectivity index (χ3n) is 6.96. The van der Waals surface area contributed by atoms with Gasteiger partial charge in [-0.25, -0.2) is 8.42 Å². The molecule has 5 rings (SSSR count). The number of hydrogen-bond acceptors (Lipinski definition) is 4. The monoisotopic (exact) mass is 488 g/mol. The largest absolute Gasteiger partial charge is 0.326 e. The van der Waals surface area contributed by atoms with Crippen molar-refractivity contribution in [2.24, 2.45) is 5.92 Å². The number of piperidine rings is 1. The van der Waals surface area contributed by atoms with Crippen molar-refractivity contribution in [3.05, 3.63) is 95.1 Å². The minimum Gasteiger partial charge on any atom is -0.326 e. The van der Waals surface area contributed by atoms with Gasteiger partial charge in [-0.05, 0) is 67.5 Å². The average molecular weight is 489 g/mol. The predicted molar refractivity (Wildman–Crippen MR) is 135 cm³/mol. The normalized spacial score (nSPS) is 16.6. The number of carbonyl (C=O) groups excluding carboxylic acids is 2.